The molecule has 112 valence electrons. The van der Waals surface area contributed by atoms with Crippen LogP contribution in [0.15, 0.2) is 18.2 Å². The van der Waals surface area contributed by atoms with E-state index >= 15 is 0 Å². The molecule has 1 aromatic rings. The summed E-state index contributed by atoms with van der Waals surface area (Å²) in [6.07, 6.45) is 2.64. The van der Waals surface area contributed by atoms with Gasteiger partial charge in [0.2, 0.25) is 0 Å². The number of methoxy groups -OCH3 is 1. The number of rotatable bonds is 6. The highest BCUT2D eigenvalue weighted by Crippen LogP contribution is 2.21. The first-order valence-corrected chi connectivity index (χ1v) is 7.38. The average Bonchev–Trinajstić information content (AvgIpc) is 2.84. The molecule has 1 unspecified atom stereocenters. The monoisotopic (exact) mass is 277 g/mol. The average molecular weight is 277 g/mol. The third-order valence-corrected chi connectivity index (χ3v) is 4.22. The highest BCUT2D eigenvalue weighted by molar-refractivity contribution is 5.37. The summed E-state index contributed by atoms with van der Waals surface area (Å²) in [5, 5.41) is 0. The van der Waals surface area contributed by atoms with E-state index in [9.17, 15) is 0 Å². The van der Waals surface area contributed by atoms with E-state index in [0.29, 0.717) is 12.6 Å². The first-order valence-electron chi connectivity index (χ1n) is 7.38. The normalized spacial score (nSPS) is 19.8. The molecule has 0 aliphatic carbocycles. The van der Waals surface area contributed by atoms with Crippen molar-refractivity contribution >= 4 is 0 Å². The number of ether oxygens (including phenoxy) is 1. The van der Waals surface area contributed by atoms with E-state index in [1.165, 1.54) is 24.9 Å². The third kappa shape index (κ3) is 3.72. The van der Waals surface area contributed by atoms with E-state index in [-0.39, 0.29) is 0 Å². The molecular weight excluding hydrogens is 250 g/mol. The molecule has 1 heterocycles. The van der Waals surface area contributed by atoms with Gasteiger partial charge >= 0.3 is 0 Å². The molecule has 0 radical (unpaired) electrons. The molecule has 1 aliphatic heterocycles. The van der Waals surface area contributed by atoms with E-state index in [1.54, 1.807) is 7.11 Å². The Morgan fingerprint density at radius 1 is 1.45 bits per heavy atom. The van der Waals surface area contributed by atoms with Crippen LogP contribution in [0.25, 0.3) is 0 Å². The molecule has 1 atom stereocenters. The minimum Gasteiger partial charge on any atom is -0.496 e. The van der Waals surface area contributed by atoms with E-state index in [1.807, 2.05) is 0 Å². The van der Waals surface area contributed by atoms with Gasteiger partial charge in [0, 0.05) is 31.2 Å². The first kappa shape index (κ1) is 15.3. The molecule has 0 spiro atoms. The first-order chi connectivity index (χ1) is 9.63. The van der Waals surface area contributed by atoms with Crippen molar-refractivity contribution in [1.29, 1.82) is 0 Å². The zero-order chi connectivity index (χ0) is 14.5. The lowest BCUT2D eigenvalue weighted by molar-refractivity contribution is 0.215. The van der Waals surface area contributed by atoms with Crippen LogP contribution in [-0.2, 0) is 13.1 Å². The van der Waals surface area contributed by atoms with Gasteiger partial charge in [-0.25, -0.2) is 0 Å². The van der Waals surface area contributed by atoms with E-state index in [2.05, 4.69) is 42.1 Å². The van der Waals surface area contributed by atoms with Crippen molar-refractivity contribution in [2.75, 3.05) is 34.3 Å². The summed E-state index contributed by atoms with van der Waals surface area (Å²) >= 11 is 0. The highest BCUT2D eigenvalue weighted by Gasteiger charge is 2.22. The van der Waals surface area contributed by atoms with Gasteiger partial charge in [0.25, 0.3) is 0 Å². The van der Waals surface area contributed by atoms with Crippen LogP contribution >= 0.6 is 0 Å². The molecule has 0 saturated carbocycles. The Morgan fingerprint density at radius 3 is 2.85 bits per heavy atom. The van der Waals surface area contributed by atoms with Crippen molar-refractivity contribution in [3.8, 4) is 5.75 Å². The number of benzene rings is 1. The number of hydrogen-bond donors (Lipinski definition) is 1. The van der Waals surface area contributed by atoms with Gasteiger partial charge in [-0.3, -0.25) is 0 Å². The second-order valence-electron chi connectivity index (χ2n) is 5.82. The molecule has 4 nitrogen and oxygen atoms in total. The zero-order valence-electron chi connectivity index (χ0n) is 12.9. The van der Waals surface area contributed by atoms with Gasteiger partial charge in [-0.15, -0.1) is 0 Å². The van der Waals surface area contributed by atoms with Gasteiger partial charge in [0.15, 0.2) is 0 Å². The number of likely N-dealkylation sites (N-methyl/N-ethyl adjacent to an activating group) is 2. The molecule has 2 rings (SSSR count). The molecule has 1 saturated heterocycles. The fourth-order valence-electron chi connectivity index (χ4n) is 3.00. The smallest absolute Gasteiger partial charge is 0.123 e. The van der Waals surface area contributed by atoms with Crippen LogP contribution < -0.4 is 10.5 Å². The summed E-state index contributed by atoms with van der Waals surface area (Å²) in [5.41, 5.74) is 8.05. The fourth-order valence-corrected chi connectivity index (χ4v) is 3.00. The van der Waals surface area contributed by atoms with Gasteiger partial charge in [0.05, 0.1) is 7.11 Å². The molecule has 0 bridgehead atoms. The van der Waals surface area contributed by atoms with Gasteiger partial charge < -0.3 is 20.3 Å². The summed E-state index contributed by atoms with van der Waals surface area (Å²) in [5.74, 6) is 0.899. The van der Waals surface area contributed by atoms with Crippen LogP contribution in [0, 0.1) is 0 Å². The second kappa shape index (κ2) is 7.07. The Kier molecular flexibility index (Phi) is 5.40. The molecule has 0 amide bonds. The summed E-state index contributed by atoms with van der Waals surface area (Å²) in [6, 6.07) is 7.03. The minimum atomic E-state index is 0.520. The van der Waals surface area contributed by atoms with Crippen LogP contribution in [0.3, 0.4) is 0 Å². The van der Waals surface area contributed by atoms with Crippen molar-refractivity contribution in [3.63, 3.8) is 0 Å². The Balaban J connectivity index is 1.95. The van der Waals surface area contributed by atoms with Crippen LogP contribution in [-0.4, -0.2) is 50.1 Å². The topological polar surface area (TPSA) is 41.7 Å². The molecule has 4 heteroatoms. The SMILES string of the molecule is COc1cc(CN(C)CC2CCCN2C)ccc1CN. The number of likely N-dealkylation sites (tertiary alicyclic amines) is 1. The second-order valence-corrected chi connectivity index (χ2v) is 5.82. The van der Waals surface area contributed by atoms with Gasteiger partial charge in [-0.05, 0) is 45.1 Å². The summed E-state index contributed by atoms with van der Waals surface area (Å²) in [7, 11) is 6.12. The summed E-state index contributed by atoms with van der Waals surface area (Å²) in [6.45, 7) is 3.83. The predicted octanol–water partition coefficient (Wildman–Crippen LogP) is 1.68. The van der Waals surface area contributed by atoms with Gasteiger partial charge in [-0.2, -0.15) is 0 Å². The number of hydrogen-bond acceptors (Lipinski definition) is 4. The Hall–Kier alpha value is -1.10. The number of nitrogens with two attached hydrogens (primary N) is 1. The van der Waals surface area contributed by atoms with Crippen molar-refractivity contribution in [1.82, 2.24) is 9.80 Å². The fraction of sp³-hybridized carbons (Fsp3) is 0.625. The molecule has 1 fully saturated rings. The van der Waals surface area contributed by atoms with Gasteiger partial charge in [-0.1, -0.05) is 12.1 Å². The Morgan fingerprint density at radius 2 is 2.25 bits per heavy atom. The van der Waals surface area contributed by atoms with Crippen LogP contribution in [0.4, 0.5) is 0 Å². The lowest BCUT2D eigenvalue weighted by Crippen LogP contribution is -2.36. The van der Waals surface area contributed by atoms with Crippen molar-refractivity contribution in [2.24, 2.45) is 5.73 Å². The van der Waals surface area contributed by atoms with Crippen LogP contribution in [0.2, 0.25) is 0 Å². The molecule has 1 aliphatic rings. The quantitative estimate of drug-likeness (QED) is 0.859. The number of nitrogens with zero attached hydrogens (tertiary/aromatic N) is 2. The molecule has 2 N–H and O–H groups in total. The highest BCUT2D eigenvalue weighted by atomic mass is 16.5. The lowest BCUT2D eigenvalue weighted by atomic mass is 10.1. The van der Waals surface area contributed by atoms with E-state index < -0.39 is 0 Å². The molecule has 20 heavy (non-hydrogen) atoms. The molecule has 0 aromatic heterocycles. The standard InChI is InChI=1S/C16H27N3O/c1-18(12-15-5-4-8-19(15)2)11-13-6-7-14(10-17)16(9-13)20-3/h6-7,9,15H,4-5,8,10-12,17H2,1-3H3. The van der Waals surface area contributed by atoms with Crippen molar-refractivity contribution in [2.45, 2.75) is 32.0 Å². The van der Waals surface area contributed by atoms with Crippen molar-refractivity contribution < 1.29 is 4.74 Å². The lowest BCUT2D eigenvalue weighted by Gasteiger charge is -2.26. The summed E-state index contributed by atoms with van der Waals surface area (Å²) < 4.78 is 5.40. The minimum absolute atomic E-state index is 0.520. The Bertz CT molecular complexity index is 436. The largest absolute Gasteiger partial charge is 0.496 e. The maximum absolute atomic E-state index is 5.71. The Labute approximate surface area is 122 Å². The maximum Gasteiger partial charge on any atom is 0.123 e. The predicted molar refractivity (Wildman–Crippen MR) is 82.9 cm³/mol. The summed E-state index contributed by atoms with van der Waals surface area (Å²) in [4.78, 5) is 4.86. The van der Waals surface area contributed by atoms with E-state index in [0.717, 1.165) is 24.4 Å². The molecular formula is C16H27N3O. The van der Waals surface area contributed by atoms with Gasteiger partial charge in [0.1, 0.15) is 5.75 Å². The third-order valence-electron chi connectivity index (χ3n) is 4.22. The van der Waals surface area contributed by atoms with E-state index in [4.69, 9.17) is 10.5 Å². The zero-order valence-corrected chi connectivity index (χ0v) is 12.9. The van der Waals surface area contributed by atoms with Crippen molar-refractivity contribution in [3.05, 3.63) is 29.3 Å². The maximum atomic E-state index is 5.71. The van der Waals surface area contributed by atoms with Crippen LogP contribution in [0.1, 0.15) is 24.0 Å². The molecule has 1 aromatic carbocycles. The van der Waals surface area contributed by atoms with Crippen LogP contribution in [0.5, 0.6) is 5.75 Å².